The van der Waals surface area contributed by atoms with E-state index in [9.17, 15) is 31.1 Å². The lowest BCUT2D eigenvalue weighted by Gasteiger charge is -2.51. The number of hydrogen-bond donors (Lipinski definition) is 9. The summed E-state index contributed by atoms with van der Waals surface area (Å²) in [6.45, 7) is 0.691. The highest BCUT2D eigenvalue weighted by atomic mass is 16.8. The van der Waals surface area contributed by atoms with Crippen LogP contribution in [0.3, 0.4) is 0 Å². The van der Waals surface area contributed by atoms with Crippen molar-refractivity contribution in [3.05, 3.63) is 10.4 Å². The average molecular weight is 970 g/mol. The van der Waals surface area contributed by atoms with E-state index in [0.717, 1.165) is 0 Å². The number of hydrogen-bond acceptors (Lipinski definition) is 23. The Morgan fingerprint density at radius 1 is 0.537 bits per heavy atom. The number of methoxy groups -OCH3 is 5. The highest BCUT2D eigenvalue weighted by Crippen LogP contribution is 2.40. The van der Waals surface area contributed by atoms with Crippen LogP contribution >= 0.6 is 0 Å². The predicted molar refractivity (Wildman–Crippen MR) is 234 cm³/mol. The van der Waals surface area contributed by atoms with Gasteiger partial charge in [-0.05, 0) is 47.1 Å². The minimum atomic E-state index is -1.26. The molecule has 25 nitrogen and oxygen atoms in total. The first-order valence-corrected chi connectivity index (χ1v) is 23.1. The van der Waals surface area contributed by atoms with Gasteiger partial charge in [-0.25, -0.2) is 0 Å². The molecule has 0 spiro atoms. The second kappa shape index (κ2) is 27.3. The van der Waals surface area contributed by atoms with Crippen LogP contribution in [0.2, 0.25) is 0 Å². The summed E-state index contributed by atoms with van der Waals surface area (Å²) in [5, 5.41) is 70.4. The first kappa shape index (κ1) is 56.3. The molecule has 0 radical (unpaired) electrons. The van der Waals surface area contributed by atoms with Gasteiger partial charge in [-0.3, -0.25) is 0 Å². The number of ether oxygens (including phenoxy) is 13. The van der Waals surface area contributed by atoms with E-state index in [2.05, 4.69) is 31.3 Å². The minimum Gasteiger partial charge on any atom is -0.396 e. The Morgan fingerprint density at radius 2 is 1.01 bits per heavy atom. The molecule has 4 saturated heterocycles. The van der Waals surface area contributed by atoms with Crippen molar-refractivity contribution in [2.24, 2.45) is 28.8 Å². The normalized spacial score (nSPS) is 44.9. The van der Waals surface area contributed by atoms with E-state index >= 15 is 0 Å². The number of azide groups is 1. The third kappa shape index (κ3) is 12.4. The maximum atomic E-state index is 12.0. The molecular weight excluding hydrogens is 890 g/mol. The van der Waals surface area contributed by atoms with Gasteiger partial charge in [0, 0.05) is 103 Å². The van der Waals surface area contributed by atoms with Crippen LogP contribution in [0, 0.1) is 23.7 Å². The van der Waals surface area contributed by atoms with Crippen LogP contribution in [0.4, 0.5) is 0 Å². The molecule has 5 fully saturated rings. The van der Waals surface area contributed by atoms with Gasteiger partial charge >= 0.3 is 0 Å². The van der Waals surface area contributed by atoms with Gasteiger partial charge in [0.1, 0.15) is 48.8 Å². The molecule has 4 aliphatic heterocycles. The second-order valence-corrected chi connectivity index (χ2v) is 17.7. The molecule has 0 bridgehead atoms. The Bertz CT molecular complexity index is 1490. The fourth-order valence-electron chi connectivity index (χ4n) is 10.8. The maximum Gasteiger partial charge on any atom is 0.187 e. The summed E-state index contributed by atoms with van der Waals surface area (Å²) in [4.78, 5) is 2.98. The summed E-state index contributed by atoms with van der Waals surface area (Å²) in [5.74, 6) is -1.97. The topological polar surface area (TPSA) is 318 Å². The van der Waals surface area contributed by atoms with E-state index in [1.165, 1.54) is 28.4 Å². The molecule has 390 valence electrons. The molecule has 25 heteroatoms. The van der Waals surface area contributed by atoms with Gasteiger partial charge in [0.15, 0.2) is 25.2 Å². The van der Waals surface area contributed by atoms with Crippen LogP contribution in [0.25, 0.3) is 10.4 Å². The number of likely N-dealkylation sites (N-methyl/N-ethyl adjacent to an activating group) is 4. The molecule has 4 heterocycles. The molecule has 0 aromatic rings. The summed E-state index contributed by atoms with van der Waals surface area (Å²) in [5.41, 5.74) is 9.44. The molecule has 1 aliphatic carbocycles. The lowest BCUT2D eigenvalue weighted by atomic mass is 9.80. The Hall–Kier alpha value is -1.57. The predicted octanol–water partition coefficient (Wildman–Crippen LogP) is -3.35. The first-order chi connectivity index (χ1) is 32.5. The standard InChI is InChI=1S/C42H79N7O18/c1-19-32(64-41-33(57-8)23(16-53)21(14-51)28(63-41)18-56-7)31(54)30(47-5)40(60-19)66-36-26(12-48-49-43)61-42(38(36)59-10)67-37-34(58-9)24(44-2)11-25(45-3)35(37)65-39-29(46-4)22(15-52)20(13-50)27(62-39)17-55-6/h19-42,44-47,50-54H,11-18H2,1-10H3. The van der Waals surface area contributed by atoms with Crippen molar-refractivity contribution in [1.29, 1.82) is 0 Å². The number of rotatable bonds is 25. The van der Waals surface area contributed by atoms with E-state index in [0.29, 0.717) is 6.42 Å². The summed E-state index contributed by atoms with van der Waals surface area (Å²) < 4.78 is 81.6. The summed E-state index contributed by atoms with van der Waals surface area (Å²) >= 11 is 0. The monoisotopic (exact) mass is 970 g/mol. The molecule has 24 atom stereocenters. The van der Waals surface area contributed by atoms with E-state index in [-0.39, 0.29) is 58.3 Å². The van der Waals surface area contributed by atoms with Gasteiger partial charge in [0.2, 0.25) is 0 Å². The molecule has 5 aliphatic rings. The van der Waals surface area contributed by atoms with Crippen molar-refractivity contribution < 1.29 is 87.1 Å². The SMILES string of the molecule is CNC1CC(NC)C(OC2OC(COC)C(CO)C(CO)C2NC)C(OC2OC(CN=[N+]=[N-])C(OC3OC(C)C(OC4OC(COC)C(CO)C(CO)C4OC)C(O)C3NC)C2OC)C1OC. The molecule has 9 N–H and O–H groups in total. The Balaban J connectivity index is 1.41. The van der Waals surface area contributed by atoms with Crippen LogP contribution in [-0.4, -0.2) is 258 Å². The van der Waals surface area contributed by atoms with Crippen LogP contribution in [0.5, 0.6) is 0 Å². The third-order valence-electron chi connectivity index (χ3n) is 14.4. The van der Waals surface area contributed by atoms with Gasteiger partial charge in [-0.2, -0.15) is 0 Å². The van der Waals surface area contributed by atoms with E-state index in [4.69, 9.17) is 61.6 Å². The van der Waals surface area contributed by atoms with E-state index < -0.39 is 134 Å². The highest BCUT2D eigenvalue weighted by Gasteiger charge is 2.57. The average Bonchev–Trinajstić information content (AvgIpc) is 3.66. The summed E-state index contributed by atoms with van der Waals surface area (Å²) in [6.07, 6.45) is -14.1. The fourth-order valence-corrected chi connectivity index (χ4v) is 10.8. The van der Waals surface area contributed by atoms with Gasteiger partial charge in [0.05, 0.1) is 56.3 Å². The zero-order chi connectivity index (χ0) is 48.9. The Kier molecular flexibility index (Phi) is 23.0. The summed E-state index contributed by atoms with van der Waals surface area (Å²) in [6, 6.07) is -2.04. The van der Waals surface area contributed by atoms with Crippen molar-refractivity contribution in [2.75, 3.05) is 110 Å². The minimum absolute atomic E-state index is 0.114. The van der Waals surface area contributed by atoms with Crippen LogP contribution in [0.15, 0.2) is 5.11 Å². The van der Waals surface area contributed by atoms with Gasteiger partial charge in [-0.15, -0.1) is 0 Å². The maximum absolute atomic E-state index is 12.0. The number of nitrogens with zero attached hydrogens (tertiary/aromatic N) is 3. The van der Waals surface area contributed by atoms with Crippen molar-refractivity contribution in [3.63, 3.8) is 0 Å². The number of aliphatic hydroxyl groups excluding tert-OH is 5. The number of aliphatic hydroxyl groups is 5. The van der Waals surface area contributed by atoms with Crippen molar-refractivity contribution in [2.45, 2.75) is 136 Å². The fraction of sp³-hybridized carbons (Fsp3) is 1.00. The van der Waals surface area contributed by atoms with Crippen LogP contribution in [0.1, 0.15) is 13.3 Å². The van der Waals surface area contributed by atoms with Crippen LogP contribution in [-0.2, 0) is 61.6 Å². The van der Waals surface area contributed by atoms with E-state index in [1.807, 2.05) is 14.1 Å². The smallest absolute Gasteiger partial charge is 0.187 e. The van der Waals surface area contributed by atoms with Crippen LogP contribution < -0.4 is 21.3 Å². The van der Waals surface area contributed by atoms with Gasteiger partial charge < -0.3 is 108 Å². The zero-order valence-corrected chi connectivity index (χ0v) is 40.4. The van der Waals surface area contributed by atoms with E-state index in [1.54, 1.807) is 28.1 Å². The third-order valence-corrected chi connectivity index (χ3v) is 14.4. The number of nitrogens with one attached hydrogen (secondary N) is 4. The molecule has 24 unspecified atom stereocenters. The Labute approximate surface area is 392 Å². The molecule has 0 aromatic heterocycles. The molecule has 1 saturated carbocycles. The first-order valence-electron chi connectivity index (χ1n) is 23.1. The molecule has 0 aromatic carbocycles. The lowest BCUT2D eigenvalue weighted by molar-refractivity contribution is -0.345. The largest absolute Gasteiger partial charge is 0.396 e. The zero-order valence-electron chi connectivity index (χ0n) is 40.4. The highest BCUT2D eigenvalue weighted by molar-refractivity contribution is 5.04. The quantitative estimate of drug-likeness (QED) is 0.0245. The van der Waals surface area contributed by atoms with Crippen molar-refractivity contribution >= 4 is 0 Å². The van der Waals surface area contributed by atoms with Crippen molar-refractivity contribution in [3.8, 4) is 0 Å². The summed E-state index contributed by atoms with van der Waals surface area (Å²) in [7, 11) is 14.5. The molecule has 67 heavy (non-hydrogen) atoms. The van der Waals surface area contributed by atoms with Gasteiger partial charge in [0.25, 0.3) is 0 Å². The Morgan fingerprint density at radius 3 is 1.54 bits per heavy atom. The lowest BCUT2D eigenvalue weighted by Crippen LogP contribution is -2.68. The van der Waals surface area contributed by atoms with Gasteiger partial charge in [-0.1, -0.05) is 5.11 Å². The molecular formula is C42H79N7O18. The second-order valence-electron chi connectivity index (χ2n) is 17.7. The molecule has 5 rings (SSSR count). The van der Waals surface area contributed by atoms with Crippen molar-refractivity contribution in [1.82, 2.24) is 21.3 Å². The molecule has 0 amide bonds.